The molecule has 1 aromatic heterocycles. The predicted octanol–water partition coefficient (Wildman–Crippen LogP) is 3.65. The Hall–Kier alpha value is -2.41. The van der Waals surface area contributed by atoms with Crippen molar-refractivity contribution in [1.82, 2.24) is 9.97 Å². The van der Waals surface area contributed by atoms with Gasteiger partial charge in [-0.15, -0.1) is 0 Å². The topological polar surface area (TPSA) is 90.2 Å². The van der Waals surface area contributed by atoms with E-state index >= 15 is 0 Å². The molecule has 0 saturated heterocycles. The average Bonchev–Trinajstić information content (AvgIpc) is 2.45. The van der Waals surface area contributed by atoms with Gasteiger partial charge in [0.15, 0.2) is 0 Å². The molecule has 0 radical (unpaired) electrons. The van der Waals surface area contributed by atoms with E-state index in [1.165, 1.54) is 6.33 Å². The molecule has 2 aromatic rings. The van der Waals surface area contributed by atoms with Crippen LogP contribution in [-0.4, -0.2) is 21.4 Å². The maximum atomic E-state index is 11.2. The lowest BCUT2D eigenvalue weighted by atomic mass is 10.3. The largest absolute Gasteiger partial charge is 0.433 e. The van der Waals surface area contributed by atoms with E-state index in [1.54, 1.807) is 24.3 Å². The minimum atomic E-state index is -0.572. The molecule has 0 unspecified atom stereocenters. The molecule has 0 spiro atoms. The summed E-state index contributed by atoms with van der Waals surface area (Å²) in [5, 5.41) is 14.6. The van der Waals surface area contributed by atoms with Gasteiger partial charge in [0.1, 0.15) is 12.1 Å². The molecule has 0 fully saturated rings. The first-order chi connectivity index (χ1) is 10.1. The van der Waals surface area contributed by atoms with E-state index in [-0.39, 0.29) is 17.4 Å². The predicted molar refractivity (Wildman–Crippen MR) is 79.0 cm³/mol. The highest BCUT2D eigenvalue weighted by atomic mass is 35.5. The number of anilines is 1. The number of hydrogen-bond acceptors (Lipinski definition) is 6. The summed E-state index contributed by atoms with van der Waals surface area (Å²) in [6.45, 7) is 2.51. The van der Waals surface area contributed by atoms with Crippen LogP contribution in [0.3, 0.4) is 0 Å². The molecular formula is C13H13ClN4O3. The highest BCUT2D eigenvalue weighted by molar-refractivity contribution is 6.30. The van der Waals surface area contributed by atoms with Crippen molar-refractivity contribution in [3.63, 3.8) is 0 Å². The number of ether oxygens (including phenoxy) is 1. The highest BCUT2D eigenvalue weighted by Gasteiger charge is 2.24. The molecule has 0 bridgehead atoms. The van der Waals surface area contributed by atoms with Crippen LogP contribution in [0.2, 0.25) is 5.02 Å². The number of rotatable bonds is 6. The molecule has 8 heteroatoms. The Labute approximate surface area is 126 Å². The standard InChI is InChI=1S/C13H13ClN4O3/c1-2-6-15-12-11(18(19)20)13(17-8-16-12)21-10-5-3-4-9(14)7-10/h3-5,7-8H,2,6H2,1H3,(H,15,16,17). The maximum absolute atomic E-state index is 11.2. The zero-order chi connectivity index (χ0) is 15.2. The van der Waals surface area contributed by atoms with E-state index in [0.717, 1.165) is 6.42 Å². The van der Waals surface area contributed by atoms with Crippen LogP contribution < -0.4 is 10.1 Å². The smallest absolute Gasteiger partial charge is 0.373 e. The van der Waals surface area contributed by atoms with E-state index in [9.17, 15) is 10.1 Å². The molecule has 1 N–H and O–H groups in total. The fourth-order valence-electron chi connectivity index (χ4n) is 1.62. The Morgan fingerprint density at radius 1 is 1.43 bits per heavy atom. The Morgan fingerprint density at radius 3 is 2.90 bits per heavy atom. The van der Waals surface area contributed by atoms with Crippen molar-refractivity contribution in [2.75, 3.05) is 11.9 Å². The van der Waals surface area contributed by atoms with E-state index < -0.39 is 4.92 Å². The van der Waals surface area contributed by atoms with Crippen LogP contribution >= 0.6 is 11.6 Å². The van der Waals surface area contributed by atoms with Crippen molar-refractivity contribution in [3.05, 3.63) is 45.7 Å². The van der Waals surface area contributed by atoms with Crippen LogP contribution in [-0.2, 0) is 0 Å². The summed E-state index contributed by atoms with van der Waals surface area (Å²) in [6, 6.07) is 6.54. The summed E-state index contributed by atoms with van der Waals surface area (Å²) >= 11 is 5.85. The fourth-order valence-corrected chi connectivity index (χ4v) is 1.80. The summed E-state index contributed by atoms with van der Waals surface area (Å²) in [5.74, 6) is 0.371. The number of nitrogens with one attached hydrogen (secondary N) is 1. The third kappa shape index (κ3) is 3.79. The lowest BCUT2D eigenvalue weighted by Gasteiger charge is -2.08. The summed E-state index contributed by atoms with van der Waals surface area (Å²) in [5.41, 5.74) is -0.300. The van der Waals surface area contributed by atoms with Gasteiger partial charge < -0.3 is 10.1 Å². The van der Waals surface area contributed by atoms with E-state index in [1.807, 2.05) is 6.92 Å². The van der Waals surface area contributed by atoms with Gasteiger partial charge in [-0.05, 0) is 24.6 Å². The van der Waals surface area contributed by atoms with Gasteiger partial charge in [0.25, 0.3) is 0 Å². The molecule has 0 saturated carbocycles. The quantitative estimate of drug-likeness (QED) is 0.647. The highest BCUT2D eigenvalue weighted by Crippen LogP contribution is 2.34. The average molecular weight is 309 g/mol. The second-order valence-corrected chi connectivity index (χ2v) is 4.56. The van der Waals surface area contributed by atoms with Gasteiger partial charge in [0.2, 0.25) is 5.82 Å². The molecule has 1 aromatic carbocycles. The summed E-state index contributed by atoms with van der Waals surface area (Å²) in [7, 11) is 0. The molecule has 0 amide bonds. The van der Waals surface area contributed by atoms with E-state index in [0.29, 0.717) is 17.3 Å². The number of hydrogen-bond donors (Lipinski definition) is 1. The molecule has 0 aliphatic heterocycles. The van der Waals surface area contributed by atoms with Crippen LogP contribution in [0.15, 0.2) is 30.6 Å². The monoisotopic (exact) mass is 308 g/mol. The minimum absolute atomic E-state index is 0.129. The normalized spacial score (nSPS) is 10.2. The van der Waals surface area contributed by atoms with Crippen molar-refractivity contribution >= 4 is 23.1 Å². The first kappa shape index (κ1) is 15.0. The molecular weight excluding hydrogens is 296 g/mol. The number of aromatic nitrogens is 2. The SMILES string of the molecule is CCCNc1ncnc(Oc2cccc(Cl)c2)c1[N+](=O)[O-]. The number of halogens is 1. The van der Waals surface area contributed by atoms with Crippen molar-refractivity contribution in [2.45, 2.75) is 13.3 Å². The van der Waals surface area contributed by atoms with Crippen LogP contribution in [0, 0.1) is 10.1 Å². The van der Waals surface area contributed by atoms with Crippen LogP contribution in [0.25, 0.3) is 0 Å². The number of nitrogens with zero attached hydrogens (tertiary/aromatic N) is 3. The van der Waals surface area contributed by atoms with Crippen LogP contribution in [0.1, 0.15) is 13.3 Å². The number of benzene rings is 1. The molecule has 0 aliphatic carbocycles. The van der Waals surface area contributed by atoms with Crippen molar-refractivity contribution in [2.24, 2.45) is 0 Å². The summed E-state index contributed by atoms with van der Waals surface area (Å²) in [6.07, 6.45) is 2.02. The lowest BCUT2D eigenvalue weighted by molar-refractivity contribution is -0.385. The Morgan fingerprint density at radius 2 is 2.24 bits per heavy atom. The first-order valence-electron chi connectivity index (χ1n) is 6.28. The zero-order valence-electron chi connectivity index (χ0n) is 11.2. The van der Waals surface area contributed by atoms with E-state index in [4.69, 9.17) is 16.3 Å². The second kappa shape index (κ2) is 6.85. The Balaban J connectivity index is 2.36. The van der Waals surface area contributed by atoms with Gasteiger partial charge in [-0.25, -0.2) is 4.98 Å². The number of nitro groups is 1. The third-order valence-electron chi connectivity index (χ3n) is 2.52. The summed E-state index contributed by atoms with van der Waals surface area (Å²) in [4.78, 5) is 18.4. The second-order valence-electron chi connectivity index (χ2n) is 4.12. The maximum Gasteiger partial charge on any atom is 0.373 e. The summed E-state index contributed by atoms with van der Waals surface area (Å²) < 4.78 is 5.46. The Kier molecular flexibility index (Phi) is 4.89. The van der Waals surface area contributed by atoms with Gasteiger partial charge >= 0.3 is 11.6 Å². The third-order valence-corrected chi connectivity index (χ3v) is 2.76. The van der Waals surface area contributed by atoms with Crippen LogP contribution in [0.5, 0.6) is 11.6 Å². The van der Waals surface area contributed by atoms with Crippen molar-refractivity contribution in [1.29, 1.82) is 0 Å². The van der Waals surface area contributed by atoms with Gasteiger partial charge in [-0.1, -0.05) is 24.6 Å². The zero-order valence-corrected chi connectivity index (χ0v) is 12.0. The van der Waals surface area contributed by atoms with Crippen molar-refractivity contribution < 1.29 is 9.66 Å². The van der Waals surface area contributed by atoms with Crippen LogP contribution in [0.4, 0.5) is 11.5 Å². The molecule has 110 valence electrons. The molecule has 2 rings (SSSR count). The van der Waals surface area contributed by atoms with E-state index in [2.05, 4.69) is 15.3 Å². The fraction of sp³-hybridized carbons (Fsp3) is 0.231. The van der Waals surface area contributed by atoms with Gasteiger partial charge in [0.05, 0.1) is 4.92 Å². The minimum Gasteiger partial charge on any atom is -0.433 e. The molecule has 21 heavy (non-hydrogen) atoms. The molecule has 0 atom stereocenters. The molecule has 0 aliphatic rings. The van der Waals surface area contributed by atoms with Gasteiger partial charge in [-0.3, -0.25) is 10.1 Å². The Bertz CT molecular complexity index is 651. The molecule has 7 nitrogen and oxygen atoms in total. The van der Waals surface area contributed by atoms with Crippen molar-refractivity contribution in [3.8, 4) is 11.6 Å². The van der Waals surface area contributed by atoms with Gasteiger partial charge in [0, 0.05) is 11.6 Å². The molecule has 1 heterocycles. The lowest BCUT2D eigenvalue weighted by Crippen LogP contribution is -2.07. The first-order valence-corrected chi connectivity index (χ1v) is 6.66. The van der Waals surface area contributed by atoms with Gasteiger partial charge in [-0.2, -0.15) is 4.98 Å².